The molecular formula is C17H21N9O2. The zero-order chi connectivity index (χ0) is 20.6. The van der Waals surface area contributed by atoms with Crippen molar-refractivity contribution in [3.63, 3.8) is 0 Å². The van der Waals surface area contributed by atoms with Crippen molar-refractivity contribution in [2.45, 2.75) is 20.8 Å². The van der Waals surface area contributed by atoms with Crippen LogP contribution in [-0.2, 0) is 7.05 Å². The van der Waals surface area contributed by atoms with Gasteiger partial charge < -0.3 is 16.6 Å². The topological polar surface area (TPSA) is 163 Å². The molecule has 0 aliphatic heterocycles. The molecule has 11 heteroatoms. The Balaban J connectivity index is 2.23. The molecule has 0 fully saturated rings. The number of aryl methyl sites for hydroxylation is 2. The molecule has 0 bridgehead atoms. The molecular weight excluding hydrogens is 362 g/mol. The highest BCUT2D eigenvalue weighted by Crippen LogP contribution is 2.23. The predicted molar refractivity (Wildman–Crippen MR) is 103 cm³/mol. The summed E-state index contributed by atoms with van der Waals surface area (Å²) in [5.74, 6) is -0.269. The van der Waals surface area contributed by atoms with Crippen LogP contribution in [0.15, 0.2) is 28.8 Å². The fraction of sp³-hybridized carbons (Fsp3) is 0.294. The number of aliphatic hydroxyl groups excluding tert-OH is 1. The first-order chi connectivity index (χ1) is 13.2. The first-order valence-electron chi connectivity index (χ1n) is 8.51. The number of hydrogen-bond donors (Lipinski definition) is 3. The van der Waals surface area contributed by atoms with Crippen molar-refractivity contribution in [3.8, 4) is 11.5 Å². The number of hydrogen-bond acceptors (Lipinski definition) is 8. The van der Waals surface area contributed by atoms with Gasteiger partial charge in [0.2, 0.25) is 11.6 Å². The summed E-state index contributed by atoms with van der Waals surface area (Å²) >= 11 is 0. The zero-order valence-electron chi connectivity index (χ0n) is 16.0. The van der Waals surface area contributed by atoms with Crippen LogP contribution in [0, 0.1) is 6.92 Å². The van der Waals surface area contributed by atoms with Gasteiger partial charge in [-0.05, 0) is 20.8 Å². The Morgan fingerprint density at radius 2 is 2.04 bits per heavy atom. The minimum Gasteiger partial charge on any atom is -0.504 e. The summed E-state index contributed by atoms with van der Waals surface area (Å²) in [6, 6.07) is 0. The Hall–Kier alpha value is -3.76. The SMILES string of the molecule is CCN=C(/C(O)=C(/C)N)c1nc(-c2nc(C(N)=O)n3cc(C)ncc23)n(C)n1. The number of primary amides is 1. The smallest absolute Gasteiger partial charge is 0.285 e. The number of aromatic nitrogens is 6. The average molecular weight is 383 g/mol. The summed E-state index contributed by atoms with van der Waals surface area (Å²) in [6.07, 6.45) is 3.25. The second-order valence-corrected chi connectivity index (χ2v) is 6.17. The van der Waals surface area contributed by atoms with Crippen LogP contribution in [0.25, 0.3) is 17.0 Å². The summed E-state index contributed by atoms with van der Waals surface area (Å²) in [5.41, 5.74) is 13.2. The third-order valence-corrected chi connectivity index (χ3v) is 3.98. The van der Waals surface area contributed by atoms with Gasteiger partial charge in [0.1, 0.15) is 11.4 Å². The molecule has 146 valence electrons. The lowest BCUT2D eigenvalue weighted by molar-refractivity contribution is 0.0990. The number of amides is 1. The number of nitrogens with two attached hydrogens (primary N) is 2. The summed E-state index contributed by atoms with van der Waals surface area (Å²) < 4.78 is 3.05. The van der Waals surface area contributed by atoms with E-state index in [1.165, 1.54) is 4.68 Å². The Morgan fingerprint density at radius 1 is 1.32 bits per heavy atom. The van der Waals surface area contributed by atoms with Crippen LogP contribution in [0.3, 0.4) is 0 Å². The highest BCUT2D eigenvalue weighted by atomic mass is 16.3. The monoisotopic (exact) mass is 383 g/mol. The van der Waals surface area contributed by atoms with Gasteiger partial charge in [-0.3, -0.25) is 19.2 Å². The highest BCUT2D eigenvalue weighted by molar-refractivity contribution is 6.09. The van der Waals surface area contributed by atoms with Gasteiger partial charge in [-0.2, -0.15) is 0 Å². The molecule has 0 atom stereocenters. The molecule has 0 unspecified atom stereocenters. The van der Waals surface area contributed by atoms with E-state index in [-0.39, 0.29) is 28.8 Å². The predicted octanol–water partition coefficient (Wildman–Crippen LogP) is 0.489. The molecule has 3 aromatic heterocycles. The van der Waals surface area contributed by atoms with Gasteiger partial charge in [0.15, 0.2) is 11.6 Å². The minimum atomic E-state index is -0.679. The molecule has 0 saturated carbocycles. The molecule has 0 aliphatic carbocycles. The summed E-state index contributed by atoms with van der Waals surface area (Å²) in [4.78, 5) is 29.1. The maximum absolute atomic E-state index is 11.8. The number of carbonyl (C=O) groups is 1. The van der Waals surface area contributed by atoms with Gasteiger partial charge in [0.25, 0.3) is 5.91 Å². The second kappa shape index (κ2) is 7.10. The zero-order valence-corrected chi connectivity index (χ0v) is 16.0. The Bertz CT molecular complexity index is 1130. The van der Waals surface area contributed by atoms with Crippen molar-refractivity contribution in [1.82, 2.24) is 29.1 Å². The number of allylic oxidation sites excluding steroid dienone is 2. The minimum absolute atomic E-state index is 0.0584. The molecule has 0 spiro atoms. The van der Waals surface area contributed by atoms with E-state index in [1.807, 2.05) is 6.92 Å². The quantitative estimate of drug-likeness (QED) is 0.426. The molecule has 0 aromatic carbocycles. The van der Waals surface area contributed by atoms with Crippen molar-refractivity contribution >= 4 is 17.1 Å². The molecule has 11 nitrogen and oxygen atoms in total. The number of fused-ring (bicyclic) bond motifs is 1. The van der Waals surface area contributed by atoms with Crippen LogP contribution < -0.4 is 11.5 Å². The van der Waals surface area contributed by atoms with Gasteiger partial charge >= 0.3 is 0 Å². The molecule has 0 saturated heterocycles. The first kappa shape index (κ1) is 19.0. The van der Waals surface area contributed by atoms with E-state index in [1.54, 1.807) is 37.7 Å². The first-order valence-corrected chi connectivity index (χ1v) is 8.51. The van der Waals surface area contributed by atoms with E-state index in [4.69, 9.17) is 11.5 Å². The molecule has 3 heterocycles. The Labute approximate surface area is 160 Å². The summed E-state index contributed by atoms with van der Waals surface area (Å²) in [5, 5.41) is 14.6. The summed E-state index contributed by atoms with van der Waals surface area (Å²) in [7, 11) is 1.67. The van der Waals surface area contributed by atoms with E-state index in [0.29, 0.717) is 29.3 Å². The molecule has 1 amide bonds. The standard InChI is InChI=1S/C17H21N9O2/c1-5-20-12(13(27)9(3)18)15-23-16(25(4)24-15)11-10-6-21-8(2)7-26(10)17(22-11)14(19)28/h6-7,27H,5,18H2,1-4H3,(H2,19,28)/b13-9+,20-12?. The number of rotatable bonds is 5. The van der Waals surface area contributed by atoms with Crippen molar-refractivity contribution in [2.24, 2.45) is 23.5 Å². The van der Waals surface area contributed by atoms with Crippen LogP contribution in [0.4, 0.5) is 0 Å². The highest BCUT2D eigenvalue weighted by Gasteiger charge is 2.23. The van der Waals surface area contributed by atoms with Gasteiger partial charge in [-0.25, -0.2) is 14.6 Å². The van der Waals surface area contributed by atoms with Gasteiger partial charge in [0.05, 0.1) is 17.4 Å². The molecule has 5 N–H and O–H groups in total. The van der Waals surface area contributed by atoms with Crippen molar-refractivity contribution in [1.29, 1.82) is 0 Å². The number of carbonyl (C=O) groups excluding carboxylic acids is 1. The molecule has 0 aliphatic rings. The van der Waals surface area contributed by atoms with E-state index in [0.717, 1.165) is 0 Å². The molecule has 28 heavy (non-hydrogen) atoms. The van der Waals surface area contributed by atoms with Crippen molar-refractivity contribution < 1.29 is 9.90 Å². The molecule has 3 rings (SSSR count). The van der Waals surface area contributed by atoms with Crippen LogP contribution in [-0.4, -0.2) is 52.4 Å². The largest absolute Gasteiger partial charge is 0.504 e. The van der Waals surface area contributed by atoms with Crippen molar-refractivity contribution in [3.05, 3.63) is 41.2 Å². The Morgan fingerprint density at radius 3 is 2.64 bits per heavy atom. The lowest BCUT2D eigenvalue weighted by Gasteiger charge is -2.02. The van der Waals surface area contributed by atoms with Crippen LogP contribution >= 0.6 is 0 Å². The van der Waals surface area contributed by atoms with Crippen LogP contribution in [0.1, 0.15) is 36.0 Å². The average Bonchev–Trinajstić information content (AvgIpc) is 3.19. The van der Waals surface area contributed by atoms with Gasteiger partial charge in [-0.1, -0.05) is 0 Å². The number of aliphatic hydroxyl groups is 1. The fourth-order valence-electron chi connectivity index (χ4n) is 2.71. The molecule has 3 aromatic rings. The van der Waals surface area contributed by atoms with E-state index >= 15 is 0 Å². The summed E-state index contributed by atoms with van der Waals surface area (Å²) in [6.45, 7) is 5.57. The maximum Gasteiger partial charge on any atom is 0.285 e. The number of nitrogens with zero attached hydrogens (tertiary/aromatic N) is 7. The van der Waals surface area contributed by atoms with Crippen LogP contribution in [0.5, 0.6) is 0 Å². The van der Waals surface area contributed by atoms with Gasteiger partial charge in [0, 0.05) is 25.5 Å². The van der Waals surface area contributed by atoms with E-state index in [9.17, 15) is 9.90 Å². The number of aliphatic imine (C=N–C) groups is 1. The maximum atomic E-state index is 11.8. The van der Waals surface area contributed by atoms with Crippen LogP contribution in [0.2, 0.25) is 0 Å². The third kappa shape index (κ3) is 3.17. The number of imidazole rings is 1. The molecule has 0 radical (unpaired) electrons. The van der Waals surface area contributed by atoms with E-state index < -0.39 is 5.91 Å². The lowest BCUT2D eigenvalue weighted by Crippen LogP contribution is -2.15. The Kier molecular flexibility index (Phi) is 4.82. The fourth-order valence-corrected chi connectivity index (χ4v) is 2.71. The second-order valence-electron chi connectivity index (χ2n) is 6.17. The van der Waals surface area contributed by atoms with Crippen molar-refractivity contribution in [2.75, 3.05) is 6.54 Å². The third-order valence-electron chi connectivity index (χ3n) is 3.98. The normalized spacial score (nSPS) is 13.1. The van der Waals surface area contributed by atoms with Gasteiger partial charge in [-0.15, -0.1) is 5.10 Å². The van der Waals surface area contributed by atoms with E-state index in [2.05, 4.69) is 25.0 Å². The lowest BCUT2D eigenvalue weighted by atomic mass is 10.2.